The van der Waals surface area contributed by atoms with E-state index in [9.17, 15) is 20.0 Å². The number of aldehydes is 1. The van der Waals surface area contributed by atoms with Crippen LogP contribution < -0.4 is 24.4 Å². The molecule has 0 aliphatic carbocycles. The first kappa shape index (κ1) is 27.1. The second kappa shape index (κ2) is 11.1. The molecule has 196 valence electrons. The Morgan fingerprint density at radius 1 is 1.00 bits per heavy atom. The van der Waals surface area contributed by atoms with Gasteiger partial charge in [0, 0.05) is 37.4 Å². The van der Waals surface area contributed by atoms with Crippen molar-refractivity contribution in [3.8, 4) is 34.1 Å². The summed E-state index contributed by atoms with van der Waals surface area (Å²) < 4.78 is 17.0. The highest BCUT2D eigenvalue weighted by Gasteiger charge is 2.24. The summed E-state index contributed by atoms with van der Waals surface area (Å²) in [5, 5.41) is 24.6. The molecule has 0 saturated heterocycles. The molecule has 37 heavy (non-hydrogen) atoms. The van der Waals surface area contributed by atoms with Crippen LogP contribution in [0.1, 0.15) is 19.4 Å². The molecule has 0 amide bonds. The van der Waals surface area contributed by atoms with Crippen LogP contribution in [0.4, 0.5) is 17.1 Å². The third-order valence-corrected chi connectivity index (χ3v) is 5.69. The number of carbonyl (C=O) groups excluding carboxylic acids is 1. The van der Waals surface area contributed by atoms with Crippen molar-refractivity contribution in [2.75, 3.05) is 38.5 Å². The highest BCUT2D eigenvalue weighted by molar-refractivity contribution is 5.87. The van der Waals surface area contributed by atoms with Gasteiger partial charge in [-0.05, 0) is 43.7 Å². The van der Waals surface area contributed by atoms with Gasteiger partial charge >= 0.3 is 0 Å². The van der Waals surface area contributed by atoms with Gasteiger partial charge in [-0.3, -0.25) is 10.1 Å². The number of nitro groups is 1. The van der Waals surface area contributed by atoms with E-state index in [0.717, 1.165) is 17.5 Å². The van der Waals surface area contributed by atoms with Gasteiger partial charge in [-0.25, -0.2) is 0 Å². The van der Waals surface area contributed by atoms with Crippen LogP contribution in [0.5, 0.6) is 23.0 Å². The van der Waals surface area contributed by atoms with Crippen molar-refractivity contribution < 1.29 is 29.0 Å². The molecular formula is C27H31N3O7. The Hall–Kier alpha value is -4.47. The van der Waals surface area contributed by atoms with Crippen molar-refractivity contribution in [2.45, 2.75) is 26.0 Å². The van der Waals surface area contributed by atoms with Crippen molar-refractivity contribution in [3.05, 3.63) is 64.2 Å². The smallest absolute Gasteiger partial charge is 0.273 e. The van der Waals surface area contributed by atoms with Crippen molar-refractivity contribution in [1.82, 2.24) is 0 Å². The number of non-ortho nitro benzene ring substituents is 1. The lowest BCUT2D eigenvalue weighted by molar-refractivity contribution is -0.385. The monoisotopic (exact) mass is 509 g/mol. The van der Waals surface area contributed by atoms with E-state index in [0.29, 0.717) is 28.3 Å². The zero-order valence-corrected chi connectivity index (χ0v) is 21.7. The van der Waals surface area contributed by atoms with Crippen LogP contribution >= 0.6 is 0 Å². The predicted molar refractivity (Wildman–Crippen MR) is 142 cm³/mol. The van der Waals surface area contributed by atoms with E-state index in [1.54, 1.807) is 26.0 Å². The molecule has 0 aromatic heterocycles. The highest BCUT2D eigenvalue weighted by Crippen LogP contribution is 2.43. The molecule has 0 aliphatic heterocycles. The number of carbonyl (C=O) groups is 1. The predicted octanol–water partition coefficient (Wildman–Crippen LogP) is 5.02. The Morgan fingerprint density at radius 2 is 1.68 bits per heavy atom. The number of methoxy groups -OCH3 is 2. The zero-order valence-electron chi connectivity index (χ0n) is 21.7. The Kier molecular flexibility index (Phi) is 8.11. The number of hydrogen-bond acceptors (Lipinski definition) is 9. The van der Waals surface area contributed by atoms with E-state index >= 15 is 0 Å². The molecule has 0 bridgehead atoms. The number of ether oxygens (including phenoxy) is 3. The van der Waals surface area contributed by atoms with Crippen molar-refractivity contribution in [3.63, 3.8) is 0 Å². The molecule has 3 rings (SSSR count). The molecule has 3 aromatic rings. The lowest BCUT2D eigenvalue weighted by Gasteiger charge is -2.29. The average molecular weight is 510 g/mol. The molecule has 0 atom stereocenters. The van der Waals surface area contributed by atoms with Crippen molar-refractivity contribution in [2.24, 2.45) is 0 Å². The fraction of sp³-hybridized carbons (Fsp3) is 0.296. The molecule has 10 nitrogen and oxygen atoms in total. The van der Waals surface area contributed by atoms with Gasteiger partial charge in [0.15, 0.2) is 11.5 Å². The summed E-state index contributed by atoms with van der Waals surface area (Å²) in [6.07, 6.45) is 0.827. The van der Waals surface area contributed by atoms with Gasteiger partial charge in [-0.1, -0.05) is 6.07 Å². The van der Waals surface area contributed by atoms with Crippen molar-refractivity contribution >= 4 is 23.3 Å². The first-order valence-corrected chi connectivity index (χ1v) is 11.4. The topological polar surface area (TPSA) is 123 Å². The summed E-state index contributed by atoms with van der Waals surface area (Å²) >= 11 is 0. The maximum absolute atomic E-state index is 11.7. The lowest BCUT2D eigenvalue weighted by Crippen LogP contribution is -2.33. The SMILES string of the molecule is COc1ccc([N+](=O)[O-])cc1OCc1c(-c2ccc(O)cc2OC)ccc(NC(C)(C)C=O)c1N(C)C. The van der Waals surface area contributed by atoms with Crippen LogP contribution in [0, 0.1) is 10.1 Å². The number of nitrogens with zero attached hydrogens (tertiary/aromatic N) is 2. The Balaban J connectivity index is 2.22. The van der Waals surface area contributed by atoms with E-state index in [1.165, 1.54) is 38.5 Å². The number of hydrogen-bond donors (Lipinski definition) is 2. The van der Waals surface area contributed by atoms with Crippen LogP contribution in [-0.4, -0.2) is 50.2 Å². The number of nitrogens with one attached hydrogen (secondary N) is 1. The normalized spacial score (nSPS) is 11.0. The lowest BCUT2D eigenvalue weighted by atomic mass is 9.95. The summed E-state index contributed by atoms with van der Waals surface area (Å²) in [6, 6.07) is 12.7. The maximum atomic E-state index is 11.7. The van der Waals surface area contributed by atoms with E-state index in [-0.39, 0.29) is 23.8 Å². The minimum absolute atomic E-state index is 0.00143. The second-order valence-corrected chi connectivity index (χ2v) is 9.11. The maximum Gasteiger partial charge on any atom is 0.273 e. The first-order chi connectivity index (χ1) is 17.5. The van der Waals surface area contributed by atoms with Gasteiger partial charge in [0.05, 0.1) is 42.1 Å². The van der Waals surface area contributed by atoms with E-state index in [2.05, 4.69) is 5.32 Å². The third kappa shape index (κ3) is 6.03. The van der Waals surface area contributed by atoms with Crippen LogP contribution in [0.15, 0.2) is 48.5 Å². The molecule has 2 N–H and O–H groups in total. The molecule has 10 heteroatoms. The van der Waals surface area contributed by atoms with E-state index in [4.69, 9.17) is 14.2 Å². The minimum Gasteiger partial charge on any atom is -0.508 e. The molecule has 0 saturated carbocycles. The molecule has 0 unspecified atom stereocenters. The summed E-state index contributed by atoms with van der Waals surface area (Å²) in [6.45, 7) is 3.53. The van der Waals surface area contributed by atoms with Crippen molar-refractivity contribution in [1.29, 1.82) is 0 Å². The molecule has 0 aliphatic rings. The van der Waals surface area contributed by atoms with Gasteiger partial charge in [-0.2, -0.15) is 0 Å². The number of phenolic OH excluding ortho intramolecular Hbond substituents is 1. The molecule has 0 fully saturated rings. The Morgan fingerprint density at radius 3 is 2.27 bits per heavy atom. The average Bonchev–Trinajstić information content (AvgIpc) is 2.86. The minimum atomic E-state index is -0.843. The number of aromatic hydroxyl groups is 1. The van der Waals surface area contributed by atoms with Gasteiger partial charge in [0.2, 0.25) is 0 Å². The zero-order chi connectivity index (χ0) is 27.3. The second-order valence-electron chi connectivity index (χ2n) is 9.11. The first-order valence-electron chi connectivity index (χ1n) is 11.4. The quantitative estimate of drug-likeness (QED) is 0.208. The van der Waals surface area contributed by atoms with Crippen LogP contribution in [0.2, 0.25) is 0 Å². The van der Waals surface area contributed by atoms with Gasteiger partial charge in [0.1, 0.15) is 24.4 Å². The van der Waals surface area contributed by atoms with Gasteiger partial charge < -0.3 is 34.3 Å². The molecule has 0 spiro atoms. The highest BCUT2D eigenvalue weighted by atomic mass is 16.6. The molecule has 0 heterocycles. The third-order valence-electron chi connectivity index (χ3n) is 5.69. The standard InChI is InChI=1S/C27H31N3O7/c1-27(2,16-31)28-22-11-10-19(20-9-8-18(32)14-24(20)36-6)21(26(22)29(3)4)15-37-25-13-17(30(33)34)7-12-23(25)35-5/h7-14,16,28,32H,15H2,1-6H3. The number of phenols is 1. The van der Waals surface area contributed by atoms with Crippen LogP contribution in [-0.2, 0) is 11.4 Å². The number of anilines is 2. The van der Waals surface area contributed by atoms with E-state index < -0.39 is 10.5 Å². The molecule has 3 aromatic carbocycles. The number of nitro benzene ring substituents is 1. The van der Waals surface area contributed by atoms with Gasteiger partial charge in [-0.15, -0.1) is 0 Å². The summed E-state index contributed by atoms with van der Waals surface area (Å²) in [5.74, 6) is 1.06. The fourth-order valence-corrected chi connectivity index (χ4v) is 3.97. The summed E-state index contributed by atoms with van der Waals surface area (Å²) in [7, 11) is 6.70. The fourth-order valence-electron chi connectivity index (χ4n) is 3.97. The Labute approximate surface area is 215 Å². The largest absolute Gasteiger partial charge is 0.508 e. The van der Waals surface area contributed by atoms with E-state index in [1.807, 2.05) is 31.1 Å². The number of rotatable bonds is 11. The number of benzene rings is 3. The Bertz CT molecular complexity index is 1310. The summed E-state index contributed by atoms with van der Waals surface area (Å²) in [5.41, 5.74) is 2.62. The van der Waals surface area contributed by atoms with Gasteiger partial charge in [0.25, 0.3) is 5.69 Å². The summed E-state index contributed by atoms with van der Waals surface area (Å²) in [4.78, 5) is 24.4. The molecule has 0 radical (unpaired) electrons. The molecular weight excluding hydrogens is 478 g/mol. The van der Waals surface area contributed by atoms with Crippen LogP contribution in [0.25, 0.3) is 11.1 Å². The van der Waals surface area contributed by atoms with Crippen LogP contribution in [0.3, 0.4) is 0 Å².